The number of hydrogen-bond acceptors (Lipinski definition) is 5. The number of anilines is 1. The molecule has 28 heavy (non-hydrogen) atoms. The van der Waals surface area contributed by atoms with E-state index in [-0.39, 0.29) is 16.9 Å². The maximum Gasteiger partial charge on any atom is 0.263 e. The fourth-order valence-electron chi connectivity index (χ4n) is 4.97. The molecular weight excluding hydrogens is 370 g/mol. The van der Waals surface area contributed by atoms with Gasteiger partial charge in [0.15, 0.2) is 0 Å². The Kier molecular flexibility index (Phi) is 5.69. The lowest BCUT2D eigenvalue weighted by Gasteiger charge is -2.46. The molecule has 1 amide bonds. The Morgan fingerprint density at radius 3 is 2.86 bits per heavy atom. The third-order valence-electron chi connectivity index (χ3n) is 6.40. The highest BCUT2D eigenvalue weighted by Gasteiger charge is 2.48. The van der Waals surface area contributed by atoms with Crippen LogP contribution in [0.2, 0.25) is 0 Å². The van der Waals surface area contributed by atoms with Crippen molar-refractivity contribution in [2.45, 2.75) is 56.0 Å². The molecule has 0 bridgehead atoms. The summed E-state index contributed by atoms with van der Waals surface area (Å²) in [4.78, 5) is 18.1. The maximum absolute atomic E-state index is 12.6. The van der Waals surface area contributed by atoms with Crippen LogP contribution in [0.4, 0.5) is 5.69 Å². The standard InChI is InChI=1S/C22H29N3O2S/c1-23-17-7-15-28-19(17)20(26)25-13-10-21(18-6-2-5-12-24-18)11-14-27-22(16-21)8-3-4-9-22/h2,5-7,12,15,23H,3-4,8-11,13-14,16H2,1H3,(H,25,26). The summed E-state index contributed by atoms with van der Waals surface area (Å²) in [6.07, 6.45) is 9.54. The number of pyridine rings is 1. The van der Waals surface area contributed by atoms with Crippen LogP contribution in [0.5, 0.6) is 0 Å². The van der Waals surface area contributed by atoms with Crippen molar-refractivity contribution in [3.05, 3.63) is 46.4 Å². The van der Waals surface area contributed by atoms with Crippen LogP contribution in [-0.2, 0) is 10.2 Å². The zero-order valence-corrected chi connectivity index (χ0v) is 17.3. The summed E-state index contributed by atoms with van der Waals surface area (Å²) >= 11 is 1.47. The molecule has 4 rings (SSSR count). The Morgan fingerprint density at radius 1 is 1.25 bits per heavy atom. The van der Waals surface area contributed by atoms with Crippen LogP contribution in [-0.4, -0.2) is 36.7 Å². The van der Waals surface area contributed by atoms with Crippen molar-refractivity contribution in [1.29, 1.82) is 0 Å². The van der Waals surface area contributed by atoms with E-state index in [2.05, 4.69) is 22.8 Å². The first-order chi connectivity index (χ1) is 13.7. The van der Waals surface area contributed by atoms with Gasteiger partial charge in [-0.2, -0.15) is 0 Å². The highest BCUT2D eigenvalue weighted by Crippen LogP contribution is 2.49. The minimum atomic E-state index is -0.0293. The zero-order chi connectivity index (χ0) is 19.5. The van der Waals surface area contributed by atoms with E-state index in [1.165, 1.54) is 24.2 Å². The van der Waals surface area contributed by atoms with Gasteiger partial charge in [0, 0.05) is 37.5 Å². The molecule has 1 aliphatic carbocycles. The van der Waals surface area contributed by atoms with Crippen molar-refractivity contribution in [3.8, 4) is 0 Å². The Hall–Kier alpha value is -1.92. The molecule has 2 aromatic heterocycles. The average molecular weight is 400 g/mol. The van der Waals surface area contributed by atoms with Gasteiger partial charge in [0.1, 0.15) is 4.88 Å². The molecule has 5 nitrogen and oxygen atoms in total. The molecule has 1 aliphatic heterocycles. The first kappa shape index (κ1) is 19.4. The number of carbonyl (C=O) groups is 1. The van der Waals surface area contributed by atoms with E-state index in [0.717, 1.165) is 55.0 Å². The Bertz CT molecular complexity index is 801. The molecular formula is C22H29N3O2S. The van der Waals surface area contributed by atoms with Crippen LogP contribution in [0.25, 0.3) is 0 Å². The van der Waals surface area contributed by atoms with Crippen molar-refractivity contribution >= 4 is 22.9 Å². The van der Waals surface area contributed by atoms with Gasteiger partial charge in [-0.15, -0.1) is 11.3 Å². The normalized spacial score (nSPS) is 23.6. The van der Waals surface area contributed by atoms with Crippen molar-refractivity contribution in [1.82, 2.24) is 10.3 Å². The molecule has 1 unspecified atom stereocenters. The first-order valence-electron chi connectivity index (χ1n) is 10.3. The fraction of sp³-hybridized carbons (Fsp3) is 0.545. The van der Waals surface area contributed by atoms with Gasteiger partial charge in [-0.1, -0.05) is 18.9 Å². The largest absolute Gasteiger partial charge is 0.387 e. The predicted octanol–water partition coefficient (Wildman–Crippen LogP) is 4.37. The first-order valence-corrected chi connectivity index (χ1v) is 11.1. The second kappa shape index (κ2) is 8.21. The van der Waals surface area contributed by atoms with Crippen LogP contribution in [0.3, 0.4) is 0 Å². The minimum absolute atomic E-state index is 0.00170. The maximum atomic E-state index is 12.6. The molecule has 1 atom stereocenters. The van der Waals surface area contributed by atoms with Crippen molar-refractivity contribution in [2.24, 2.45) is 0 Å². The molecule has 2 aromatic rings. The van der Waals surface area contributed by atoms with Crippen LogP contribution in [0.1, 0.15) is 60.3 Å². The van der Waals surface area contributed by atoms with Crippen LogP contribution in [0.15, 0.2) is 35.8 Å². The number of ether oxygens (including phenoxy) is 1. The number of thiophene rings is 1. The van der Waals surface area contributed by atoms with Gasteiger partial charge in [-0.25, -0.2) is 0 Å². The van der Waals surface area contributed by atoms with Gasteiger partial charge < -0.3 is 15.4 Å². The van der Waals surface area contributed by atoms with E-state index in [1.807, 2.05) is 30.8 Å². The molecule has 6 heteroatoms. The SMILES string of the molecule is CNc1ccsc1C(=O)NCCC1(c2ccccn2)CCOC2(CCCC2)C1. The molecule has 150 valence electrons. The Labute approximate surface area is 170 Å². The summed E-state index contributed by atoms with van der Waals surface area (Å²) in [5.41, 5.74) is 2.01. The van der Waals surface area contributed by atoms with E-state index in [0.29, 0.717) is 6.54 Å². The Morgan fingerprint density at radius 2 is 2.11 bits per heavy atom. The van der Waals surface area contributed by atoms with Crippen LogP contribution in [0, 0.1) is 0 Å². The molecule has 2 N–H and O–H groups in total. The number of nitrogens with zero attached hydrogens (tertiary/aromatic N) is 1. The second-order valence-corrected chi connectivity index (χ2v) is 9.00. The summed E-state index contributed by atoms with van der Waals surface area (Å²) in [6, 6.07) is 8.13. The lowest BCUT2D eigenvalue weighted by atomic mass is 9.68. The van der Waals surface area contributed by atoms with Gasteiger partial charge in [-0.3, -0.25) is 9.78 Å². The topological polar surface area (TPSA) is 63.2 Å². The van der Waals surface area contributed by atoms with E-state index in [4.69, 9.17) is 9.72 Å². The molecule has 3 heterocycles. The minimum Gasteiger partial charge on any atom is -0.387 e. The molecule has 2 fully saturated rings. The molecule has 1 saturated carbocycles. The summed E-state index contributed by atoms with van der Waals surface area (Å²) in [5.74, 6) is -0.00170. The quantitative estimate of drug-likeness (QED) is 0.757. The summed E-state index contributed by atoms with van der Waals surface area (Å²) in [7, 11) is 1.85. The van der Waals surface area contributed by atoms with E-state index >= 15 is 0 Å². The van der Waals surface area contributed by atoms with Gasteiger partial charge in [0.25, 0.3) is 5.91 Å². The Balaban J connectivity index is 1.50. The lowest BCUT2D eigenvalue weighted by molar-refractivity contribution is -0.104. The van der Waals surface area contributed by atoms with Crippen molar-refractivity contribution in [2.75, 3.05) is 25.5 Å². The summed E-state index contributed by atoms with van der Waals surface area (Å²) in [5, 5.41) is 8.17. The monoisotopic (exact) mass is 399 g/mol. The lowest BCUT2D eigenvalue weighted by Crippen LogP contribution is -2.47. The van der Waals surface area contributed by atoms with Crippen LogP contribution < -0.4 is 10.6 Å². The second-order valence-electron chi connectivity index (χ2n) is 8.08. The number of amides is 1. The number of nitrogens with one attached hydrogen (secondary N) is 2. The zero-order valence-electron chi connectivity index (χ0n) is 16.5. The third-order valence-corrected chi connectivity index (χ3v) is 7.32. The number of aromatic nitrogens is 1. The average Bonchev–Trinajstić information content (AvgIpc) is 3.38. The van der Waals surface area contributed by atoms with Crippen molar-refractivity contribution < 1.29 is 9.53 Å². The molecule has 1 saturated heterocycles. The van der Waals surface area contributed by atoms with Crippen LogP contribution >= 0.6 is 11.3 Å². The predicted molar refractivity (Wildman–Crippen MR) is 113 cm³/mol. The summed E-state index contributed by atoms with van der Waals surface area (Å²) in [6.45, 7) is 1.42. The van der Waals surface area contributed by atoms with Crippen molar-refractivity contribution in [3.63, 3.8) is 0 Å². The third kappa shape index (κ3) is 3.80. The van der Waals surface area contributed by atoms with Gasteiger partial charge in [0.05, 0.1) is 11.3 Å². The number of hydrogen-bond donors (Lipinski definition) is 2. The highest BCUT2D eigenvalue weighted by molar-refractivity contribution is 7.12. The molecule has 0 aromatic carbocycles. The van der Waals surface area contributed by atoms with Gasteiger partial charge >= 0.3 is 0 Å². The number of rotatable bonds is 6. The van der Waals surface area contributed by atoms with Gasteiger partial charge in [-0.05, 0) is 55.7 Å². The summed E-state index contributed by atoms with van der Waals surface area (Å²) < 4.78 is 6.30. The molecule has 1 spiro atoms. The smallest absolute Gasteiger partial charge is 0.263 e. The number of carbonyl (C=O) groups excluding carboxylic acids is 1. The van der Waals surface area contributed by atoms with E-state index < -0.39 is 0 Å². The fourth-order valence-corrected chi connectivity index (χ4v) is 5.79. The highest BCUT2D eigenvalue weighted by atomic mass is 32.1. The van der Waals surface area contributed by atoms with E-state index in [9.17, 15) is 4.79 Å². The molecule has 2 aliphatic rings. The van der Waals surface area contributed by atoms with Gasteiger partial charge in [0.2, 0.25) is 0 Å². The van der Waals surface area contributed by atoms with E-state index in [1.54, 1.807) is 0 Å². The molecule has 0 radical (unpaired) electrons.